The summed E-state index contributed by atoms with van der Waals surface area (Å²) in [6, 6.07) is 15.0. The van der Waals surface area contributed by atoms with Crippen molar-refractivity contribution in [3.63, 3.8) is 0 Å². The van der Waals surface area contributed by atoms with Crippen LogP contribution in [0.2, 0.25) is 5.02 Å². The van der Waals surface area contributed by atoms with E-state index in [1.54, 1.807) is 4.90 Å². The van der Waals surface area contributed by atoms with E-state index < -0.39 is 6.04 Å². The molecule has 0 aromatic heterocycles. The molecule has 0 bridgehead atoms. The minimum Gasteiger partial charge on any atom is -0.352 e. The Morgan fingerprint density at radius 1 is 1.14 bits per heavy atom. The molecule has 2 atom stereocenters. The number of carbonyl (C=O) groups is 2. The van der Waals surface area contributed by atoms with Gasteiger partial charge in [-0.05, 0) is 48.1 Å². The van der Waals surface area contributed by atoms with Crippen LogP contribution in [0.25, 0.3) is 0 Å². The zero-order chi connectivity index (χ0) is 20.4. The molecule has 5 nitrogen and oxygen atoms in total. The molecule has 29 heavy (non-hydrogen) atoms. The van der Waals surface area contributed by atoms with E-state index in [4.69, 9.17) is 17.3 Å². The van der Waals surface area contributed by atoms with Crippen LogP contribution in [0.4, 0.5) is 0 Å². The van der Waals surface area contributed by atoms with Crippen LogP contribution in [0.1, 0.15) is 36.0 Å². The third kappa shape index (κ3) is 4.98. The first-order valence-electron chi connectivity index (χ1n) is 10.2. The monoisotopic (exact) mass is 411 g/mol. The van der Waals surface area contributed by atoms with E-state index in [9.17, 15) is 9.59 Å². The number of rotatable bonds is 6. The number of fused-ring (bicyclic) bond motifs is 1. The fraction of sp³-hybridized carbons (Fsp3) is 0.391. The first kappa shape index (κ1) is 19.9. The molecule has 0 saturated heterocycles. The second kappa shape index (κ2) is 8.56. The van der Waals surface area contributed by atoms with Gasteiger partial charge >= 0.3 is 0 Å². The van der Waals surface area contributed by atoms with Crippen molar-refractivity contribution in [2.45, 2.75) is 56.8 Å². The molecule has 1 saturated carbocycles. The highest BCUT2D eigenvalue weighted by atomic mass is 35.5. The lowest BCUT2D eigenvalue weighted by molar-refractivity contribution is -0.142. The zero-order valence-electron chi connectivity index (χ0n) is 16.3. The minimum atomic E-state index is -0.476. The van der Waals surface area contributed by atoms with E-state index in [1.165, 1.54) is 0 Å². The van der Waals surface area contributed by atoms with Gasteiger partial charge in [0.2, 0.25) is 11.8 Å². The molecule has 2 aromatic carbocycles. The Labute approximate surface area is 176 Å². The summed E-state index contributed by atoms with van der Waals surface area (Å²) in [6.45, 7) is 0.446. The molecule has 1 fully saturated rings. The number of nitrogens with two attached hydrogens (primary N) is 1. The Hall–Kier alpha value is -2.37. The van der Waals surface area contributed by atoms with Crippen molar-refractivity contribution in [2.24, 2.45) is 5.73 Å². The lowest BCUT2D eigenvalue weighted by Gasteiger charge is -2.36. The van der Waals surface area contributed by atoms with E-state index in [2.05, 4.69) is 5.32 Å². The Balaban J connectivity index is 1.47. The van der Waals surface area contributed by atoms with Gasteiger partial charge in [0.05, 0.1) is 0 Å². The van der Waals surface area contributed by atoms with Crippen molar-refractivity contribution in [1.29, 1.82) is 0 Å². The third-order valence-electron chi connectivity index (χ3n) is 5.62. The third-order valence-corrected chi connectivity index (χ3v) is 5.85. The number of nitrogens with zero attached hydrogens (tertiary/aromatic N) is 1. The average Bonchev–Trinajstić information content (AvgIpc) is 3.50. The molecular formula is C23H26ClN3O2. The summed E-state index contributed by atoms with van der Waals surface area (Å²) in [7, 11) is 0. The van der Waals surface area contributed by atoms with Crippen molar-refractivity contribution in [3.05, 3.63) is 70.2 Å². The van der Waals surface area contributed by atoms with Gasteiger partial charge in [0.15, 0.2) is 0 Å². The van der Waals surface area contributed by atoms with E-state index >= 15 is 0 Å². The summed E-state index contributed by atoms with van der Waals surface area (Å²) in [5, 5.41) is 3.72. The van der Waals surface area contributed by atoms with Crippen molar-refractivity contribution in [1.82, 2.24) is 10.2 Å². The molecule has 0 radical (unpaired) electrons. The number of hydrogen-bond donors (Lipinski definition) is 2. The lowest BCUT2D eigenvalue weighted by atomic mass is 9.92. The molecule has 1 aliphatic heterocycles. The van der Waals surface area contributed by atoms with Gasteiger partial charge in [0.1, 0.15) is 6.04 Å². The molecule has 6 heteroatoms. The highest BCUT2D eigenvalue weighted by Gasteiger charge is 2.36. The van der Waals surface area contributed by atoms with Gasteiger partial charge in [-0.3, -0.25) is 9.59 Å². The average molecular weight is 412 g/mol. The van der Waals surface area contributed by atoms with Crippen LogP contribution in [0.5, 0.6) is 0 Å². The summed E-state index contributed by atoms with van der Waals surface area (Å²) >= 11 is 6.04. The minimum absolute atomic E-state index is 0.0567. The number of benzene rings is 2. The highest BCUT2D eigenvalue weighted by molar-refractivity contribution is 6.30. The van der Waals surface area contributed by atoms with E-state index in [1.807, 2.05) is 48.5 Å². The maximum atomic E-state index is 13.1. The number of halogens is 1. The summed E-state index contributed by atoms with van der Waals surface area (Å²) in [5.74, 6) is -0.135. The number of nitrogens with one attached hydrogen (secondary N) is 1. The van der Waals surface area contributed by atoms with Gasteiger partial charge in [-0.15, -0.1) is 0 Å². The maximum absolute atomic E-state index is 13.1. The van der Waals surface area contributed by atoms with Crippen LogP contribution < -0.4 is 11.1 Å². The standard InChI is InChI=1S/C23H26ClN3O2/c24-18-7-3-4-15(10-18)11-19(25)13-22(28)27-14-17-6-2-1-5-16(17)12-21(27)23(29)26-20-8-9-20/h1-7,10,19-21H,8-9,11-14,25H2,(H,26,29)/t19?,21-/m0/s1. The first-order valence-corrected chi connectivity index (χ1v) is 10.5. The second-order valence-corrected chi connectivity index (χ2v) is 8.53. The molecule has 2 aromatic rings. The SMILES string of the molecule is NC(CC(=O)N1Cc2ccccc2C[C@H]1C(=O)NC1CC1)Cc1cccc(Cl)c1. The van der Waals surface area contributed by atoms with Crippen LogP contribution in [-0.4, -0.2) is 34.8 Å². The van der Waals surface area contributed by atoms with Crippen LogP contribution in [0.3, 0.4) is 0 Å². The van der Waals surface area contributed by atoms with Crippen molar-refractivity contribution >= 4 is 23.4 Å². The Morgan fingerprint density at radius 2 is 1.90 bits per heavy atom. The molecule has 2 amide bonds. The maximum Gasteiger partial charge on any atom is 0.243 e. The Bertz CT molecular complexity index is 913. The van der Waals surface area contributed by atoms with Crippen LogP contribution >= 0.6 is 11.6 Å². The summed E-state index contributed by atoms with van der Waals surface area (Å²) < 4.78 is 0. The van der Waals surface area contributed by atoms with Crippen LogP contribution in [-0.2, 0) is 29.0 Å². The van der Waals surface area contributed by atoms with E-state index in [0.717, 1.165) is 29.5 Å². The number of amides is 2. The van der Waals surface area contributed by atoms with Crippen molar-refractivity contribution in [3.8, 4) is 0 Å². The van der Waals surface area contributed by atoms with Crippen LogP contribution in [0.15, 0.2) is 48.5 Å². The smallest absolute Gasteiger partial charge is 0.243 e. The van der Waals surface area contributed by atoms with E-state index in [0.29, 0.717) is 24.4 Å². The second-order valence-electron chi connectivity index (χ2n) is 8.09. The molecule has 4 rings (SSSR count). The first-order chi connectivity index (χ1) is 14.0. The molecular weight excluding hydrogens is 386 g/mol. The topological polar surface area (TPSA) is 75.4 Å². The predicted molar refractivity (Wildman–Crippen MR) is 113 cm³/mol. The van der Waals surface area contributed by atoms with Crippen LogP contribution in [0, 0.1) is 0 Å². The van der Waals surface area contributed by atoms with Gasteiger partial charge < -0.3 is 16.0 Å². The summed E-state index contributed by atoms with van der Waals surface area (Å²) in [5.41, 5.74) is 9.52. The highest BCUT2D eigenvalue weighted by Crippen LogP contribution is 2.26. The number of hydrogen-bond acceptors (Lipinski definition) is 3. The van der Waals surface area contributed by atoms with Gasteiger partial charge in [0.25, 0.3) is 0 Å². The molecule has 3 N–H and O–H groups in total. The number of carbonyl (C=O) groups excluding carboxylic acids is 2. The predicted octanol–water partition coefficient (Wildman–Crippen LogP) is 2.83. The molecule has 1 heterocycles. The zero-order valence-corrected chi connectivity index (χ0v) is 17.1. The fourth-order valence-corrected chi connectivity index (χ4v) is 4.14. The Kier molecular flexibility index (Phi) is 5.88. The normalized spacial score (nSPS) is 19.4. The Morgan fingerprint density at radius 3 is 2.62 bits per heavy atom. The summed E-state index contributed by atoms with van der Waals surface area (Å²) in [6.07, 6.45) is 3.35. The molecule has 1 aliphatic carbocycles. The summed E-state index contributed by atoms with van der Waals surface area (Å²) in [4.78, 5) is 27.7. The van der Waals surface area contributed by atoms with Gasteiger partial charge in [-0.2, -0.15) is 0 Å². The molecule has 152 valence electrons. The van der Waals surface area contributed by atoms with Gasteiger partial charge in [-0.25, -0.2) is 0 Å². The quantitative estimate of drug-likeness (QED) is 0.767. The fourth-order valence-electron chi connectivity index (χ4n) is 3.92. The largest absolute Gasteiger partial charge is 0.352 e. The molecule has 1 unspecified atom stereocenters. The van der Waals surface area contributed by atoms with E-state index in [-0.39, 0.29) is 30.3 Å². The lowest BCUT2D eigenvalue weighted by Crippen LogP contribution is -2.53. The molecule has 2 aliphatic rings. The van der Waals surface area contributed by atoms with Crippen molar-refractivity contribution < 1.29 is 9.59 Å². The van der Waals surface area contributed by atoms with Crippen molar-refractivity contribution in [2.75, 3.05) is 0 Å². The van der Waals surface area contributed by atoms with Gasteiger partial charge in [-0.1, -0.05) is 48.0 Å². The molecule has 0 spiro atoms. The van der Waals surface area contributed by atoms with Gasteiger partial charge in [0, 0.05) is 36.5 Å².